The summed E-state index contributed by atoms with van der Waals surface area (Å²) in [4.78, 5) is 59.6. The molecule has 2 aliphatic heterocycles. The molecule has 0 saturated carbocycles. The molecule has 2 amide bonds. The minimum atomic E-state index is -4.67. The van der Waals surface area contributed by atoms with Gasteiger partial charge in [-0.15, -0.1) is 23.1 Å². The molecular formula is C19H19N5O11S4. The van der Waals surface area contributed by atoms with Gasteiger partial charge in [-0.05, 0) is 17.7 Å². The van der Waals surface area contributed by atoms with Crippen LogP contribution in [0.4, 0.5) is 5.13 Å². The maximum absolute atomic E-state index is 12.8. The maximum Gasteiger partial charge on any atom is 0.394 e. The smallest absolute Gasteiger partial charge is 0.394 e. The van der Waals surface area contributed by atoms with Crippen molar-refractivity contribution in [1.29, 1.82) is 0 Å². The molecule has 2 atom stereocenters. The van der Waals surface area contributed by atoms with E-state index < -0.39 is 39.6 Å². The molecule has 2 aromatic rings. The number of rotatable bonds is 8. The number of carboxylic acid groups (broad SMARTS) is 1. The van der Waals surface area contributed by atoms with Crippen molar-refractivity contribution in [2.75, 3.05) is 24.3 Å². The van der Waals surface area contributed by atoms with Crippen LogP contribution in [-0.2, 0) is 29.6 Å². The lowest BCUT2D eigenvalue weighted by Gasteiger charge is -2.49. The lowest BCUT2D eigenvalue weighted by atomic mass is 10.0. The first-order chi connectivity index (χ1) is 18.3. The first-order valence-corrected chi connectivity index (χ1v) is 14.6. The Morgan fingerprint density at radius 3 is 2.62 bits per heavy atom. The quantitative estimate of drug-likeness (QED) is 0.115. The topological polar surface area (TPSA) is 252 Å². The minimum absolute atomic E-state index is 0.0809. The maximum atomic E-state index is 12.8. The highest BCUT2D eigenvalue weighted by Crippen LogP contribution is 2.41. The van der Waals surface area contributed by atoms with Gasteiger partial charge in [0.15, 0.2) is 16.6 Å². The largest absolute Gasteiger partial charge is 0.477 e. The zero-order valence-corrected chi connectivity index (χ0v) is 22.8. The van der Waals surface area contributed by atoms with Crippen molar-refractivity contribution in [3.05, 3.63) is 46.5 Å². The lowest BCUT2D eigenvalue weighted by Crippen LogP contribution is -2.71. The molecule has 2 aromatic heterocycles. The third-order valence-electron chi connectivity index (χ3n) is 4.80. The number of hydrogen-bond acceptors (Lipinski definition) is 14. The minimum Gasteiger partial charge on any atom is -0.477 e. The third-order valence-corrected chi connectivity index (χ3v) is 7.77. The number of nitrogens with zero attached hydrogens (tertiary/aromatic N) is 3. The van der Waals surface area contributed by atoms with Gasteiger partial charge in [0, 0.05) is 16.9 Å². The molecule has 2 aliphatic rings. The van der Waals surface area contributed by atoms with E-state index in [4.69, 9.17) is 32.5 Å². The Morgan fingerprint density at radius 1 is 1.38 bits per heavy atom. The number of carboxylic acids is 1. The number of thiazole rings is 1. The number of anilines is 1. The summed E-state index contributed by atoms with van der Waals surface area (Å²) < 4.78 is 36.6. The number of aliphatic carboxylic acids is 1. The summed E-state index contributed by atoms with van der Waals surface area (Å²) >= 11 is 3.29. The van der Waals surface area contributed by atoms with Crippen molar-refractivity contribution in [2.45, 2.75) is 11.4 Å². The summed E-state index contributed by atoms with van der Waals surface area (Å²) in [6.45, 7) is 0. The zero-order valence-electron chi connectivity index (χ0n) is 19.5. The number of nitrogen functional groups attached to an aromatic ring is 1. The second kappa shape index (κ2) is 12.6. The molecule has 0 radical (unpaired) electrons. The summed E-state index contributed by atoms with van der Waals surface area (Å²) in [5.41, 5.74) is 5.89. The number of nitrogens with two attached hydrogens (primary N) is 1. The van der Waals surface area contributed by atoms with Gasteiger partial charge in [-0.25, -0.2) is 9.78 Å². The van der Waals surface area contributed by atoms with Gasteiger partial charge >= 0.3 is 16.4 Å². The highest BCUT2D eigenvalue weighted by Gasteiger charge is 2.54. The number of carbonyl (C=O) groups is 4. The summed E-state index contributed by atoms with van der Waals surface area (Å²) in [6, 6.07) is 2.13. The molecule has 4 rings (SSSR count). The van der Waals surface area contributed by atoms with Gasteiger partial charge in [-0.2, -0.15) is 8.42 Å². The van der Waals surface area contributed by atoms with Crippen molar-refractivity contribution in [1.82, 2.24) is 15.2 Å². The van der Waals surface area contributed by atoms with E-state index in [9.17, 15) is 24.3 Å². The number of furan rings is 1. The molecule has 16 nitrogen and oxygen atoms in total. The van der Waals surface area contributed by atoms with Crippen LogP contribution in [0.2, 0.25) is 0 Å². The predicted molar refractivity (Wildman–Crippen MR) is 139 cm³/mol. The number of oxime groups is 1. The van der Waals surface area contributed by atoms with Crippen LogP contribution in [0.15, 0.2) is 44.6 Å². The van der Waals surface area contributed by atoms with Gasteiger partial charge in [-0.3, -0.25) is 28.4 Å². The van der Waals surface area contributed by atoms with Gasteiger partial charge in [-0.1, -0.05) is 16.9 Å². The molecule has 0 spiro atoms. The normalized spacial score (nSPS) is 18.9. The second-order valence-corrected chi connectivity index (χ2v) is 11.2. The first kappa shape index (κ1) is 30.1. The van der Waals surface area contributed by atoms with Crippen LogP contribution >= 0.6 is 34.9 Å². The Bertz CT molecular complexity index is 1430. The molecular weight excluding hydrogens is 603 g/mol. The standard InChI is InChI=1S/C19H17N5O7S3.H2O4S/c1-30-23-11(9-7-34-19(20)21-9)14(25)22-12-15(26)24-13(17(27)28)8(5-32-16(12)24)6-33-18(29)10-3-2-4-31-10;1-5(2,3)4/h2-4,7,12,16H,5-6H2,1H3,(H2,20,21)(H,22,25)(H,27,28);(H2,1,2,3,4)/b23-11-;/t12-,16-;/m1./s1. The Balaban J connectivity index is 0.000000771. The predicted octanol–water partition coefficient (Wildman–Crippen LogP) is 0.328. The number of nitrogens with one attached hydrogen (secondary N) is 1. The Labute approximate surface area is 232 Å². The summed E-state index contributed by atoms with van der Waals surface area (Å²) in [5.74, 6) is -2.08. The van der Waals surface area contributed by atoms with Crippen LogP contribution in [0.25, 0.3) is 0 Å². The fourth-order valence-corrected chi connectivity index (χ4v) is 6.14. The molecule has 39 heavy (non-hydrogen) atoms. The SMILES string of the molecule is CO/N=C(\C(=O)N[C@@H]1C(=O)N2C(C(=O)O)=C(CSC(=O)c3ccco3)CS[C@H]12)c1csc(N)n1.O=S(=O)(O)O. The number of β-lactam (4-membered cyclic amide) rings is 1. The molecule has 6 N–H and O–H groups in total. The number of aromatic nitrogens is 1. The van der Waals surface area contributed by atoms with E-state index in [-0.39, 0.29) is 44.6 Å². The van der Waals surface area contributed by atoms with E-state index in [2.05, 4.69) is 15.5 Å². The van der Waals surface area contributed by atoms with Crippen LogP contribution in [0.3, 0.4) is 0 Å². The van der Waals surface area contributed by atoms with Crippen LogP contribution in [0, 0.1) is 0 Å². The highest BCUT2D eigenvalue weighted by atomic mass is 32.3. The van der Waals surface area contributed by atoms with E-state index in [0.717, 1.165) is 28.0 Å². The number of hydrogen-bond donors (Lipinski definition) is 5. The molecule has 0 aliphatic carbocycles. The monoisotopic (exact) mass is 621 g/mol. The average Bonchev–Trinajstić information content (AvgIpc) is 3.54. The fraction of sp³-hybridized carbons (Fsp3) is 0.263. The Kier molecular flexibility index (Phi) is 9.74. The van der Waals surface area contributed by atoms with Gasteiger partial charge in [0.1, 0.15) is 29.9 Å². The van der Waals surface area contributed by atoms with Crippen LogP contribution in [0.1, 0.15) is 16.2 Å². The molecule has 20 heteroatoms. The van der Waals surface area contributed by atoms with Gasteiger partial charge in [0.25, 0.3) is 16.9 Å². The van der Waals surface area contributed by atoms with Crippen molar-refractivity contribution < 1.29 is 51.1 Å². The van der Waals surface area contributed by atoms with Crippen molar-refractivity contribution in [2.24, 2.45) is 5.16 Å². The Hall–Kier alpha value is -3.43. The van der Waals surface area contributed by atoms with Crippen LogP contribution < -0.4 is 11.1 Å². The number of carbonyl (C=O) groups excluding carboxylic acids is 3. The van der Waals surface area contributed by atoms with E-state index in [0.29, 0.717) is 5.57 Å². The molecule has 210 valence electrons. The van der Waals surface area contributed by atoms with Crippen molar-refractivity contribution in [3.63, 3.8) is 0 Å². The molecule has 1 saturated heterocycles. The van der Waals surface area contributed by atoms with Gasteiger partial charge in [0.05, 0.1) is 6.26 Å². The molecule has 4 heterocycles. The van der Waals surface area contributed by atoms with Crippen LogP contribution in [0.5, 0.6) is 0 Å². The number of amides is 2. The van der Waals surface area contributed by atoms with E-state index >= 15 is 0 Å². The molecule has 0 bridgehead atoms. The average molecular weight is 622 g/mol. The molecule has 1 fully saturated rings. The summed E-state index contributed by atoms with van der Waals surface area (Å²) in [7, 11) is -3.41. The number of fused-ring (bicyclic) bond motifs is 1. The second-order valence-electron chi connectivity index (χ2n) is 7.31. The number of thioether (sulfide) groups is 2. The van der Waals surface area contributed by atoms with Gasteiger partial charge in [0.2, 0.25) is 0 Å². The summed E-state index contributed by atoms with van der Waals surface area (Å²) in [6.07, 6.45) is 1.37. The van der Waals surface area contributed by atoms with Gasteiger partial charge < -0.3 is 25.4 Å². The van der Waals surface area contributed by atoms with Crippen LogP contribution in [-0.4, -0.2) is 91.2 Å². The molecule has 0 aromatic carbocycles. The lowest BCUT2D eigenvalue weighted by molar-refractivity contribution is -0.150. The van der Waals surface area contributed by atoms with Crippen molar-refractivity contribution >= 4 is 79.0 Å². The first-order valence-electron chi connectivity index (χ1n) is 10.3. The zero-order chi connectivity index (χ0) is 28.9. The fourth-order valence-electron chi connectivity index (χ4n) is 3.31. The van der Waals surface area contributed by atoms with E-state index in [1.165, 1.54) is 36.6 Å². The Morgan fingerprint density at radius 2 is 2.08 bits per heavy atom. The van der Waals surface area contributed by atoms with E-state index in [1.807, 2.05) is 0 Å². The molecule has 0 unspecified atom stereocenters. The van der Waals surface area contributed by atoms with Crippen molar-refractivity contribution in [3.8, 4) is 0 Å². The highest BCUT2D eigenvalue weighted by molar-refractivity contribution is 8.14. The summed E-state index contributed by atoms with van der Waals surface area (Å²) in [5, 5.41) is 16.8. The third kappa shape index (κ3) is 7.58. The van der Waals surface area contributed by atoms with E-state index in [1.54, 1.807) is 6.07 Å².